The van der Waals surface area contributed by atoms with Gasteiger partial charge >= 0.3 is 0 Å². The second kappa shape index (κ2) is 6.84. The summed E-state index contributed by atoms with van der Waals surface area (Å²) in [6.45, 7) is 2.10. The lowest BCUT2D eigenvalue weighted by Gasteiger charge is -2.32. The van der Waals surface area contributed by atoms with Gasteiger partial charge in [0.05, 0.1) is 6.33 Å². The Morgan fingerprint density at radius 1 is 1.28 bits per heavy atom. The normalized spacial score (nSPS) is 15.4. The highest BCUT2D eigenvalue weighted by molar-refractivity contribution is 5.83. The molecule has 0 spiro atoms. The van der Waals surface area contributed by atoms with Crippen molar-refractivity contribution in [2.45, 2.75) is 19.4 Å². The van der Waals surface area contributed by atoms with Gasteiger partial charge in [-0.25, -0.2) is 15.0 Å². The minimum absolute atomic E-state index is 0.0343. The van der Waals surface area contributed by atoms with E-state index < -0.39 is 0 Å². The molecule has 4 heterocycles. The molecule has 128 valence electrons. The van der Waals surface area contributed by atoms with Gasteiger partial charge in [0, 0.05) is 37.9 Å². The Bertz CT molecular complexity index is 856. The predicted octanol–water partition coefficient (Wildman–Crippen LogP) is 1.28. The Morgan fingerprint density at radius 2 is 2.16 bits per heavy atom. The van der Waals surface area contributed by atoms with Gasteiger partial charge in [0.2, 0.25) is 5.91 Å². The first-order chi connectivity index (χ1) is 12.3. The maximum absolute atomic E-state index is 12.4. The Hall–Kier alpha value is -3.03. The Morgan fingerprint density at radius 3 is 2.96 bits per heavy atom. The van der Waals surface area contributed by atoms with Crippen LogP contribution in [-0.4, -0.2) is 43.9 Å². The SMILES string of the molecule is O=C(NCc1cccnc1)C1CCN(c2ncnc3nc[nH]c23)CC1. The predicted molar refractivity (Wildman–Crippen MR) is 92.7 cm³/mol. The van der Waals surface area contributed by atoms with Crippen molar-refractivity contribution in [3.05, 3.63) is 42.7 Å². The zero-order valence-electron chi connectivity index (χ0n) is 13.7. The Kier molecular flexibility index (Phi) is 4.24. The number of piperidine rings is 1. The van der Waals surface area contributed by atoms with Gasteiger partial charge in [-0.2, -0.15) is 0 Å². The molecule has 0 bridgehead atoms. The molecule has 3 aromatic heterocycles. The van der Waals surface area contributed by atoms with Gasteiger partial charge < -0.3 is 15.2 Å². The molecule has 0 aliphatic carbocycles. The summed E-state index contributed by atoms with van der Waals surface area (Å²) in [4.78, 5) is 34.4. The summed E-state index contributed by atoms with van der Waals surface area (Å²) in [5.74, 6) is 1.00. The number of nitrogens with zero attached hydrogens (tertiary/aromatic N) is 5. The molecule has 1 aliphatic rings. The van der Waals surface area contributed by atoms with Crippen LogP contribution in [0.15, 0.2) is 37.2 Å². The van der Waals surface area contributed by atoms with Crippen molar-refractivity contribution in [2.75, 3.05) is 18.0 Å². The first-order valence-corrected chi connectivity index (χ1v) is 8.37. The molecule has 0 atom stereocenters. The van der Waals surface area contributed by atoms with Crippen molar-refractivity contribution in [3.8, 4) is 0 Å². The highest BCUT2D eigenvalue weighted by Crippen LogP contribution is 2.25. The van der Waals surface area contributed by atoms with E-state index >= 15 is 0 Å². The quantitative estimate of drug-likeness (QED) is 0.744. The van der Waals surface area contributed by atoms with Crippen LogP contribution in [0.5, 0.6) is 0 Å². The summed E-state index contributed by atoms with van der Waals surface area (Å²) in [5.41, 5.74) is 2.53. The van der Waals surface area contributed by atoms with Gasteiger partial charge in [-0.05, 0) is 24.5 Å². The molecule has 0 radical (unpaired) electrons. The van der Waals surface area contributed by atoms with E-state index in [0.717, 1.165) is 42.8 Å². The lowest BCUT2D eigenvalue weighted by molar-refractivity contribution is -0.125. The molecule has 2 N–H and O–H groups in total. The average Bonchev–Trinajstić information content (AvgIpc) is 3.16. The third kappa shape index (κ3) is 3.28. The minimum Gasteiger partial charge on any atom is -0.355 e. The van der Waals surface area contributed by atoms with Gasteiger partial charge in [0.15, 0.2) is 11.5 Å². The molecule has 1 aliphatic heterocycles. The molecule has 3 aromatic rings. The summed E-state index contributed by atoms with van der Waals surface area (Å²) in [6, 6.07) is 3.83. The zero-order chi connectivity index (χ0) is 17.1. The molecular formula is C17H19N7O. The van der Waals surface area contributed by atoms with E-state index in [2.05, 4.69) is 35.1 Å². The number of imidazole rings is 1. The number of aromatic nitrogens is 5. The van der Waals surface area contributed by atoms with Gasteiger partial charge in [-0.15, -0.1) is 0 Å². The van der Waals surface area contributed by atoms with Crippen molar-refractivity contribution in [1.82, 2.24) is 30.2 Å². The second-order valence-corrected chi connectivity index (χ2v) is 6.14. The molecule has 8 heteroatoms. The van der Waals surface area contributed by atoms with Crippen LogP contribution in [-0.2, 0) is 11.3 Å². The van der Waals surface area contributed by atoms with Crippen molar-refractivity contribution in [1.29, 1.82) is 0 Å². The summed E-state index contributed by atoms with van der Waals surface area (Å²) in [7, 11) is 0. The fourth-order valence-corrected chi connectivity index (χ4v) is 3.18. The summed E-state index contributed by atoms with van der Waals surface area (Å²) < 4.78 is 0. The van der Waals surface area contributed by atoms with E-state index in [1.54, 1.807) is 18.7 Å². The van der Waals surface area contributed by atoms with Gasteiger partial charge in [0.1, 0.15) is 11.8 Å². The molecule has 1 saturated heterocycles. The summed E-state index contributed by atoms with van der Waals surface area (Å²) >= 11 is 0. The molecule has 4 rings (SSSR count). The highest BCUT2D eigenvalue weighted by atomic mass is 16.1. The molecule has 0 saturated carbocycles. The first kappa shape index (κ1) is 15.5. The largest absolute Gasteiger partial charge is 0.355 e. The molecule has 0 aromatic carbocycles. The molecule has 0 unspecified atom stereocenters. The summed E-state index contributed by atoms with van der Waals surface area (Å²) in [6.07, 6.45) is 8.27. The maximum Gasteiger partial charge on any atom is 0.223 e. The number of hydrogen-bond donors (Lipinski definition) is 2. The number of pyridine rings is 1. The highest BCUT2D eigenvalue weighted by Gasteiger charge is 2.26. The number of hydrogen-bond acceptors (Lipinski definition) is 6. The van der Waals surface area contributed by atoms with Gasteiger partial charge in [0.25, 0.3) is 0 Å². The lowest BCUT2D eigenvalue weighted by atomic mass is 9.96. The van der Waals surface area contributed by atoms with Crippen LogP contribution >= 0.6 is 0 Å². The van der Waals surface area contributed by atoms with Crippen LogP contribution in [0.3, 0.4) is 0 Å². The van der Waals surface area contributed by atoms with Crippen molar-refractivity contribution in [3.63, 3.8) is 0 Å². The average molecular weight is 337 g/mol. The van der Waals surface area contributed by atoms with Crippen LogP contribution in [0.4, 0.5) is 5.82 Å². The third-order valence-electron chi connectivity index (χ3n) is 4.56. The van der Waals surface area contributed by atoms with Crippen LogP contribution in [0, 0.1) is 5.92 Å². The second-order valence-electron chi connectivity index (χ2n) is 6.14. The van der Waals surface area contributed by atoms with Crippen molar-refractivity contribution in [2.24, 2.45) is 5.92 Å². The number of carbonyl (C=O) groups is 1. The Balaban J connectivity index is 1.35. The third-order valence-corrected chi connectivity index (χ3v) is 4.56. The topological polar surface area (TPSA) is 99.7 Å². The monoisotopic (exact) mass is 337 g/mol. The fourth-order valence-electron chi connectivity index (χ4n) is 3.18. The standard InChI is InChI=1S/C17H19N7O/c25-17(19-9-12-2-1-5-18-8-12)13-3-6-24(7-4-13)16-14-15(21-10-20-14)22-11-23-16/h1-2,5,8,10-11,13H,3-4,6-7,9H2,(H,19,25)(H,20,21,22,23). The number of nitrogens with one attached hydrogen (secondary N) is 2. The van der Waals surface area contributed by atoms with Crippen molar-refractivity contribution >= 4 is 22.9 Å². The number of fused-ring (bicyclic) bond motifs is 1. The van der Waals surface area contributed by atoms with E-state index in [1.165, 1.54) is 6.33 Å². The Labute approximate surface area is 144 Å². The lowest BCUT2D eigenvalue weighted by Crippen LogP contribution is -2.40. The molecular weight excluding hydrogens is 318 g/mol. The maximum atomic E-state index is 12.4. The zero-order valence-corrected chi connectivity index (χ0v) is 13.7. The molecule has 8 nitrogen and oxygen atoms in total. The number of anilines is 1. The summed E-state index contributed by atoms with van der Waals surface area (Å²) in [5, 5.41) is 3.01. The van der Waals surface area contributed by atoms with Crippen LogP contribution in [0.1, 0.15) is 18.4 Å². The van der Waals surface area contributed by atoms with Gasteiger partial charge in [-0.1, -0.05) is 6.07 Å². The first-order valence-electron chi connectivity index (χ1n) is 8.37. The van der Waals surface area contributed by atoms with E-state index in [1.807, 2.05) is 12.1 Å². The van der Waals surface area contributed by atoms with Crippen LogP contribution < -0.4 is 10.2 Å². The van der Waals surface area contributed by atoms with E-state index in [-0.39, 0.29) is 11.8 Å². The van der Waals surface area contributed by atoms with E-state index in [9.17, 15) is 4.79 Å². The van der Waals surface area contributed by atoms with E-state index in [4.69, 9.17) is 0 Å². The van der Waals surface area contributed by atoms with E-state index in [0.29, 0.717) is 12.2 Å². The minimum atomic E-state index is 0.0343. The number of rotatable bonds is 4. The molecule has 1 amide bonds. The number of amides is 1. The fraction of sp³-hybridized carbons (Fsp3) is 0.353. The molecule has 1 fully saturated rings. The van der Waals surface area contributed by atoms with Crippen LogP contribution in [0.2, 0.25) is 0 Å². The number of H-pyrrole nitrogens is 1. The van der Waals surface area contributed by atoms with Crippen molar-refractivity contribution < 1.29 is 4.79 Å². The van der Waals surface area contributed by atoms with Gasteiger partial charge in [-0.3, -0.25) is 9.78 Å². The molecule has 25 heavy (non-hydrogen) atoms. The smallest absolute Gasteiger partial charge is 0.223 e. The number of carbonyl (C=O) groups excluding carboxylic acids is 1. The number of aromatic amines is 1. The van der Waals surface area contributed by atoms with Crippen LogP contribution in [0.25, 0.3) is 11.2 Å².